The Morgan fingerprint density at radius 2 is 2.36 bits per heavy atom. The lowest BCUT2D eigenvalue weighted by Gasteiger charge is -1.95. The third-order valence-corrected chi connectivity index (χ3v) is 1.84. The molecule has 0 aromatic carbocycles. The van der Waals surface area contributed by atoms with Gasteiger partial charge in [-0.25, -0.2) is 4.98 Å². The molecular weight excluding hydrogens is 208 g/mol. The normalized spacial score (nSPS) is 10.6. The summed E-state index contributed by atoms with van der Waals surface area (Å²) in [5.41, 5.74) is 0.477. The number of rotatable bonds is 2. The second-order valence-electron chi connectivity index (χ2n) is 2.62. The fraction of sp³-hybridized carbons (Fsp3) is 0.143. The minimum absolute atomic E-state index is 0.193. The molecule has 2 heterocycles. The Morgan fingerprint density at radius 1 is 1.57 bits per heavy atom. The molecule has 0 fully saturated rings. The summed E-state index contributed by atoms with van der Waals surface area (Å²) in [6.07, 6.45) is 2.72. The molecule has 0 unspecified atom stereocenters. The molecule has 14 heavy (non-hydrogen) atoms. The number of carboxylic acid groups (broad SMARTS) is 1. The van der Waals surface area contributed by atoms with Gasteiger partial charge in [0.2, 0.25) is 0 Å². The highest BCUT2D eigenvalue weighted by Gasteiger charge is 2.09. The lowest BCUT2D eigenvalue weighted by atomic mass is 10.4. The molecule has 6 nitrogen and oxygen atoms in total. The maximum absolute atomic E-state index is 10.5. The van der Waals surface area contributed by atoms with Crippen LogP contribution in [0.4, 0.5) is 0 Å². The first kappa shape index (κ1) is 8.89. The minimum atomic E-state index is -0.966. The Hall–Kier alpha value is -1.69. The summed E-state index contributed by atoms with van der Waals surface area (Å²) in [6, 6.07) is 0. The van der Waals surface area contributed by atoms with Gasteiger partial charge in [-0.3, -0.25) is 9.20 Å². The molecule has 0 saturated carbocycles. The Labute approximate surface area is 83.2 Å². The van der Waals surface area contributed by atoms with Gasteiger partial charge in [-0.1, -0.05) is 11.6 Å². The zero-order valence-corrected chi connectivity index (χ0v) is 7.64. The highest BCUT2D eigenvalue weighted by Crippen LogP contribution is 2.08. The number of aromatic nitrogens is 4. The molecule has 2 aromatic heterocycles. The molecule has 0 aliphatic heterocycles. The van der Waals surface area contributed by atoms with Crippen LogP contribution in [0, 0.1) is 0 Å². The zero-order valence-electron chi connectivity index (χ0n) is 6.88. The van der Waals surface area contributed by atoms with Crippen LogP contribution in [0.25, 0.3) is 5.65 Å². The van der Waals surface area contributed by atoms with E-state index in [2.05, 4.69) is 15.2 Å². The van der Waals surface area contributed by atoms with E-state index in [1.807, 2.05) is 0 Å². The van der Waals surface area contributed by atoms with E-state index in [0.717, 1.165) is 0 Å². The van der Waals surface area contributed by atoms with Crippen LogP contribution in [0.3, 0.4) is 0 Å². The van der Waals surface area contributed by atoms with Gasteiger partial charge in [0.15, 0.2) is 5.65 Å². The van der Waals surface area contributed by atoms with Gasteiger partial charge in [0.25, 0.3) is 0 Å². The molecule has 0 spiro atoms. The summed E-state index contributed by atoms with van der Waals surface area (Å²) in [5, 5.41) is 16.3. The summed E-state index contributed by atoms with van der Waals surface area (Å²) in [7, 11) is 0. The van der Waals surface area contributed by atoms with Crippen LogP contribution in [0.1, 0.15) is 5.82 Å². The van der Waals surface area contributed by atoms with Crippen LogP contribution in [0.2, 0.25) is 5.15 Å². The number of aliphatic carboxylic acids is 1. The van der Waals surface area contributed by atoms with Crippen LogP contribution in [-0.2, 0) is 11.2 Å². The number of hydrogen-bond acceptors (Lipinski definition) is 4. The van der Waals surface area contributed by atoms with Gasteiger partial charge in [-0.05, 0) is 0 Å². The lowest BCUT2D eigenvalue weighted by molar-refractivity contribution is -0.136. The summed E-state index contributed by atoms with van der Waals surface area (Å²) < 4.78 is 1.50. The van der Waals surface area contributed by atoms with E-state index in [0.29, 0.717) is 11.5 Å². The van der Waals surface area contributed by atoms with Crippen molar-refractivity contribution in [3.63, 3.8) is 0 Å². The Morgan fingerprint density at radius 3 is 3.07 bits per heavy atom. The van der Waals surface area contributed by atoms with Gasteiger partial charge in [-0.15, -0.1) is 10.2 Å². The van der Waals surface area contributed by atoms with E-state index in [4.69, 9.17) is 16.7 Å². The van der Waals surface area contributed by atoms with Gasteiger partial charge >= 0.3 is 5.97 Å². The molecule has 0 radical (unpaired) electrons. The van der Waals surface area contributed by atoms with Crippen molar-refractivity contribution in [1.82, 2.24) is 19.6 Å². The predicted octanol–water partition coefficient (Wildman–Crippen LogP) is 0.405. The Bertz CT molecular complexity index is 495. The number of carbonyl (C=O) groups is 1. The minimum Gasteiger partial charge on any atom is -0.481 e. The third-order valence-electron chi connectivity index (χ3n) is 1.64. The summed E-state index contributed by atoms with van der Waals surface area (Å²) >= 11 is 5.65. The molecule has 0 saturated heterocycles. The summed E-state index contributed by atoms with van der Waals surface area (Å²) in [6.45, 7) is 0. The van der Waals surface area contributed by atoms with Crippen LogP contribution >= 0.6 is 11.6 Å². The molecule has 1 N–H and O–H groups in total. The van der Waals surface area contributed by atoms with E-state index < -0.39 is 5.97 Å². The fourth-order valence-corrected chi connectivity index (χ4v) is 1.23. The first-order valence-corrected chi connectivity index (χ1v) is 4.11. The molecule has 0 aliphatic carbocycles. The van der Waals surface area contributed by atoms with Gasteiger partial charge in [0.1, 0.15) is 17.4 Å². The second-order valence-corrected chi connectivity index (χ2v) is 3.01. The monoisotopic (exact) mass is 212 g/mol. The van der Waals surface area contributed by atoms with E-state index >= 15 is 0 Å². The molecule has 0 bridgehead atoms. The molecule has 0 aliphatic rings. The van der Waals surface area contributed by atoms with E-state index in [1.165, 1.54) is 16.8 Å². The number of hydrogen-bond donors (Lipinski definition) is 1. The van der Waals surface area contributed by atoms with Gasteiger partial charge in [-0.2, -0.15) is 0 Å². The number of nitrogens with zero attached hydrogens (tertiary/aromatic N) is 4. The van der Waals surface area contributed by atoms with E-state index in [1.54, 1.807) is 0 Å². The molecule has 0 atom stereocenters. The largest absolute Gasteiger partial charge is 0.481 e. The topological polar surface area (TPSA) is 80.4 Å². The van der Waals surface area contributed by atoms with Crippen LogP contribution < -0.4 is 0 Å². The molecule has 72 valence electrons. The van der Waals surface area contributed by atoms with Crippen molar-refractivity contribution in [2.75, 3.05) is 0 Å². The number of halogens is 1. The molecular formula is C7H5ClN4O2. The standard InChI is InChI=1S/C7H5ClN4O2/c8-4-3-12-5(1-7(13)14)10-11-6(12)2-9-4/h2-3H,1H2,(H,13,14). The molecule has 7 heteroatoms. The first-order valence-electron chi connectivity index (χ1n) is 3.74. The van der Waals surface area contributed by atoms with Gasteiger partial charge in [0, 0.05) is 6.20 Å². The fourth-order valence-electron chi connectivity index (χ4n) is 1.08. The highest BCUT2D eigenvalue weighted by molar-refractivity contribution is 6.29. The maximum Gasteiger partial charge on any atom is 0.311 e. The van der Waals surface area contributed by atoms with E-state index in [9.17, 15) is 4.79 Å². The molecule has 0 amide bonds. The summed E-state index contributed by atoms with van der Waals surface area (Å²) in [5.74, 6) is -0.635. The zero-order chi connectivity index (χ0) is 10.1. The van der Waals surface area contributed by atoms with Crippen molar-refractivity contribution in [3.05, 3.63) is 23.4 Å². The first-order chi connectivity index (χ1) is 6.66. The second kappa shape index (κ2) is 3.22. The van der Waals surface area contributed by atoms with E-state index in [-0.39, 0.29) is 11.6 Å². The van der Waals surface area contributed by atoms with Crippen LogP contribution in [-0.4, -0.2) is 30.7 Å². The average Bonchev–Trinajstić information content (AvgIpc) is 2.47. The van der Waals surface area contributed by atoms with Gasteiger partial charge in [0.05, 0.1) is 6.20 Å². The van der Waals surface area contributed by atoms with Crippen molar-refractivity contribution in [1.29, 1.82) is 0 Å². The summed E-state index contributed by atoms with van der Waals surface area (Å²) in [4.78, 5) is 14.3. The maximum atomic E-state index is 10.5. The Balaban J connectivity index is 2.55. The third kappa shape index (κ3) is 1.51. The SMILES string of the molecule is O=C(O)Cc1nnc2cnc(Cl)cn12. The smallest absolute Gasteiger partial charge is 0.311 e. The van der Waals surface area contributed by atoms with Crippen LogP contribution in [0.5, 0.6) is 0 Å². The molecule has 2 rings (SSSR count). The van der Waals surface area contributed by atoms with Gasteiger partial charge < -0.3 is 5.11 Å². The van der Waals surface area contributed by atoms with Crippen LogP contribution in [0.15, 0.2) is 12.4 Å². The quantitative estimate of drug-likeness (QED) is 0.780. The van der Waals surface area contributed by atoms with Crippen molar-refractivity contribution in [3.8, 4) is 0 Å². The van der Waals surface area contributed by atoms with Crippen molar-refractivity contribution >= 4 is 23.2 Å². The number of fused-ring (bicyclic) bond motifs is 1. The van der Waals surface area contributed by atoms with Crippen molar-refractivity contribution in [2.45, 2.75) is 6.42 Å². The number of carboxylic acids is 1. The highest BCUT2D eigenvalue weighted by atomic mass is 35.5. The molecule has 2 aromatic rings. The predicted molar refractivity (Wildman–Crippen MR) is 47.1 cm³/mol. The average molecular weight is 213 g/mol. The van der Waals surface area contributed by atoms with Crippen molar-refractivity contribution < 1.29 is 9.90 Å². The van der Waals surface area contributed by atoms with Crippen molar-refractivity contribution in [2.24, 2.45) is 0 Å². The lowest BCUT2D eigenvalue weighted by Crippen LogP contribution is -2.04. The Kier molecular flexibility index (Phi) is 2.05.